The molecule has 0 amide bonds. The lowest BCUT2D eigenvalue weighted by atomic mass is 9.66. The summed E-state index contributed by atoms with van der Waals surface area (Å²) in [5.41, 5.74) is 0.127. The van der Waals surface area contributed by atoms with Gasteiger partial charge in [0, 0.05) is 32.8 Å². The van der Waals surface area contributed by atoms with E-state index in [4.69, 9.17) is 18.9 Å². The third kappa shape index (κ3) is 7.35. The molecule has 1 spiro atoms. The molecule has 1 aliphatic carbocycles. The zero-order chi connectivity index (χ0) is 29.9. The first kappa shape index (κ1) is 32.4. The highest BCUT2D eigenvalue weighted by Gasteiger charge is 2.54. The molecule has 1 saturated carbocycles. The summed E-state index contributed by atoms with van der Waals surface area (Å²) in [5, 5.41) is 22.6. The van der Waals surface area contributed by atoms with Gasteiger partial charge in [0.05, 0.1) is 30.8 Å². The molecule has 41 heavy (non-hydrogen) atoms. The average molecular weight is 575 g/mol. The van der Waals surface area contributed by atoms with E-state index in [-0.39, 0.29) is 49.3 Å². The van der Waals surface area contributed by atoms with E-state index in [1.54, 1.807) is 13.2 Å². The Bertz CT molecular complexity index is 1000. The standard InChI is InChI=1S/C34H54O7/c1-21(2)31-24(5)13-14-33(41-31)18-28-17-27(40-33)12-11-23(4)15-22(3)9-8-10-26(20-35)34(37)19-30(38-7)25(6)16-29(34)32(36)39-28/h8-11,21-22,24-25,27-31,35,37H,12-20H2,1-7H3/b9-8+,23-11+,26-10+/t22-,24-,25?,27+,28-,29-,30-,31+,33+,34+/m0/s1. The number of fused-ring (bicyclic) bond motifs is 3. The Morgan fingerprint density at radius 3 is 2.54 bits per heavy atom. The van der Waals surface area contributed by atoms with Gasteiger partial charge in [-0.3, -0.25) is 4.79 Å². The van der Waals surface area contributed by atoms with E-state index >= 15 is 0 Å². The van der Waals surface area contributed by atoms with E-state index in [2.05, 4.69) is 46.8 Å². The summed E-state index contributed by atoms with van der Waals surface area (Å²) in [6.45, 7) is 12.6. The number of carbonyl (C=O) groups excluding carboxylic acids is 1. The quantitative estimate of drug-likeness (QED) is 0.321. The van der Waals surface area contributed by atoms with Crippen molar-refractivity contribution in [2.75, 3.05) is 13.7 Å². The summed E-state index contributed by atoms with van der Waals surface area (Å²) in [7, 11) is 1.63. The van der Waals surface area contributed by atoms with Crippen LogP contribution in [0.4, 0.5) is 0 Å². The van der Waals surface area contributed by atoms with Gasteiger partial charge in [0.15, 0.2) is 5.79 Å². The van der Waals surface area contributed by atoms with Gasteiger partial charge in [-0.25, -0.2) is 0 Å². The summed E-state index contributed by atoms with van der Waals surface area (Å²) in [4.78, 5) is 14.0. The molecule has 3 heterocycles. The van der Waals surface area contributed by atoms with Crippen molar-refractivity contribution >= 4 is 5.97 Å². The van der Waals surface area contributed by atoms with Crippen LogP contribution in [-0.4, -0.2) is 65.7 Å². The first-order valence-corrected chi connectivity index (χ1v) is 15.8. The van der Waals surface area contributed by atoms with Crippen LogP contribution < -0.4 is 0 Å². The lowest BCUT2D eigenvalue weighted by Gasteiger charge is -2.51. The second kappa shape index (κ2) is 13.4. The second-order valence-corrected chi connectivity index (χ2v) is 13.9. The number of rotatable bonds is 3. The van der Waals surface area contributed by atoms with Crippen LogP contribution in [0, 0.1) is 29.6 Å². The molecule has 2 bridgehead atoms. The topological polar surface area (TPSA) is 94.5 Å². The van der Waals surface area contributed by atoms with Crippen LogP contribution in [0.25, 0.3) is 0 Å². The molecule has 2 saturated heterocycles. The number of hydrogen-bond donors (Lipinski definition) is 2. The molecular weight excluding hydrogens is 520 g/mol. The van der Waals surface area contributed by atoms with Crippen molar-refractivity contribution in [3.8, 4) is 0 Å². The monoisotopic (exact) mass is 574 g/mol. The highest BCUT2D eigenvalue weighted by atomic mass is 16.7. The minimum absolute atomic E-state index is 0.0517. The Labute approximate surface area is 247 Å². The summed E-state index contributed by atoms with van der Waals surface area (Å²) in [6, 6.07) is 0. The fourth-order valence-corrected chi connectivity index (χ4v) is 7.69. The molecule has 7 nitrogen and oxygen atoms in total. The maximum absolute atomic E-state index is 14.0. The number of aliphatic hydroxyl groups excluding tert-OH is 1. The van der Waals surface area contributed by atoms with Crippen LogP contribution in [0.2, 0.25) is 0 Å². The van der Waals surface area contributed by atoms with Crippen LogP contribution in [0.5, 0.6) is 0 Å². The van der Waals surface area contributed by atoms with Crippen molar-refractivity contribution in [2.45, 2.75) is 129 Å². The molecule has 232 valence electrons. The van der Waals surface area contributed by atoms with Gasteiger partial charge in [0.2, 0.25) is 0 Å². The number of esters is 1. The van der Waals surface area contributed by atoms with Gasteiger partial charge < -0.3 is 29.2 Å². The summed E-state index contributed by atoms with van der Waals surface area (Å²) < 4.78 is 25.5. The zero-order valence-corrected chi connectivity index (χ0v) is 26.3. The largest absolute Gasteiger partial charge is 0.462 e. The van der Waals surface area contributed by atoms with Crippen molar-refractivity contribution in [3.63, 3.8) is 0 Å². The van der Waals surface area contributed by atoms with E-state index in [0.29, 0.717) is 36.7 Å². The van der Waals surface area contributed by atoms with Crippen LogP contribution >= 0.6 is 0 Å². The van der Waals surface area contributed by atoms with Gasteiger partial charge in [-0.05, 0) is 61.9 Å². The lowest BCUT2D eigenvalue weighted by Crippen LogP contribution is -2.57. The molecule has 4 aliphatic rings. The van der Waals surface area contributed by atoms with E-state index in [1.165, 1.54) is 5.57 Å². The smallest absolute Gasteiger partial charge is 0.312 e. The molecule has 0 aromatic rings. The zero-order valence-electron chi connectivity index (χ0n) is 26.3. The summed E-state index contributed by atoms with van der Waals surface area (Å²) in [5.74, 6) is -0.909. The van der Waals surface area contributed by atoms with Crippen LogP contribution in [-0.2, 0) is 23.7 Å². The number of hydrogen-bond acceptors (Lipinski definition) is 7. The maximum Gasteiger partial charge on any atom is 0.312 e. The first-order chi connectivity index (χ1) is 19.4. The molecule has 3 aliphatic heterocycles. The van der Waals surface area contributed by atoms with Gasteiger partial charge in [0.1, 0.15) is 11.7 Å². The van der Waals surface area contributed by atoms with Crippen molar-refractivity contribution in [2.24, 2.45) is 29.6 Å². The number of ether oxygens (including phenoxy) is 4. The summed E-state index contributed by atoms with van der Waals surface area (Å²) >= 11 is 0. The Morgan fingerprint density at radius 2 is 1.85 bits per heavy atom. The molecule has 2 N–H and O–H groups in total. The Hall–Kier alpha value is -1.51. The highest BCUT2D eigenvalue weighted by molar-refractivity contribution is 5.75. The highest BCUT2D eigenvalue weighted by Crippen LogP contribution is 2.47. The van der Waals surface area contributed by atoms with E-state index in [0.717, 1.165) is 25.7 Å². The van der Waals surface area contributed by atoms with Gasteiger partial charge in [-0.2, -0.15) is 0 Å². The number of methoxy groups -OCH3 is 1. The van der Waals surface area contributed by atoms with Crippen LogP contribution in [0.15, 0.2) is 35.5 Å². The third-order valence-corrected chi connectivity index (χ3v) is 10.0. The van der Waals surface area contributed by atoms with Crippen molar-refractivity contribution in [1.29, 1.82) is 0 Å². The van der Waals surface area contributed by atoms with Gasteiger partial charge in [0.25, 0.3) is 0 Å². The minimum atomic E-state index is -1.57. The van der Waals surface area contributed by atoms with Gasteiger partial charge in [-0.1, -0.05) is 64.5 Å². The predicted molar refractivity (Wildman–Crippen MR) is 159 cm³/mol. The SMILES string of the molecule is CO[C@H]1C[C@@]2(O)/C(CO)=C/C=C/[C@H](C)C/C(C)=C/C[C@@H]3C[C@@H](C[C@]4(CC[C@H](C)[C@@H](C(C)C)O4)O3)OC(=O)[C@@H]2CC1C. The minimum Gasteiger partial charge on any atom is -0.462 e. The molecule has 4 rings (SSSR count). The van der Waals surface area contributed by atoms with Crippen LogP contribution in [0.3, 0.4) is 0 Å². The number of allylic oxidation sites excluding steroid dienone is 4. The first-order valence-electron chi connectivity index (χ1n) is 15.8. The molecule has 10 atom stereocenters. The fraction of sp³-hybridized carbons (Fsp3) is 0.794. The number of carbonyl (C=O) groups is 1. The molecule has 7 heteroatoms. The normalized spacial score (nSPS) is 46.1. The van der Waals surface area contributed by atoms with E-state index in [1.807, 2.05) is 13.0 Å². The van der Waals surface area contributed by atoms with Gasteiger partial charge >= 0.3 is 5.97 Å². The van der Waals surface area contributed by atoms with Crippen molar-refractivity contribution < 1.29 is 34.0 Å². The Morgan fingerprint density at radius 1 is 1.10 bits per heavy atom. The molecule has 1 unspecified atom stereocenters. The number of aliphatic hydroxyl groups is 2. The molecule has 0 radical (unpaired) electrons. The van der Waals surface area contributed by atoms with E-state index in [9.17, 15) is 15.0 Å². The molecule has 3 fully saturated rings. The van der Waals surface area contributed by atoms with Gasteiger partial charge in [-0.15, -0.1) is 0 Å². The van der Waals surface area contributed by atoms with Crippen molar-refractivity contribution in [3.05, 3.63) is 35.5 Å². The molecular formula is C34H54O7. The third-order valence-electron chi connectivity index (χ3n) is 10.0. The van der Waals surface area contributed by atoms with Crippen molar-refractivity contribution in [1.82, 2.24) is 0 Å². The molecule has 0 aromatic carbocycles. The van der Waals surface area contributed by atoms with E-state index < -0.39 is 23.3 Å². The van der Waals surface area contributed by atoms with Crippen LogP contribution in [0.1, 0.15) is 92.9 Å². The summed E-state index contributed by atoms with van der Waals surface area (Å²) in [6.07, 6.45) is 12.4. The maximum atomic E-state index is 14.0. The molecule has 0 aromatic heterocycles. The average Bonchev–Trinajstić information content (AvgIpc) is 2.91. The Balaban J connectivity index is 1.71. The Kier molecular flexibility index (Phi) is 10.6. The second-order valence-electron chi connectivity index (χ2n) is 13.9. The fourth-order valence-electron chi connectivity index (χ4n) is 7.69. The predicted octanol–water partition coefficient (Wildman–Crippen LogP) is 5.89. The lowest BCUT2D eigenvalue weighted by molar-refractivity contribution is -0.340.